The van der Waals surface area contributed by atoms with Gasteiger partial charge in [-0.15, -0.1) is 0 Å². The molecular weight excluding hydrogens is 518 g/mol. The monoisotopic (exact) mass is 547 g/mol. The van der Waals surface area contributed by atoms with E-state index in [1.54, 1.807) is 0 Å². The summed E-state index contributed by atoms with van der Waals surface area (Å²) in [7, 11) is 1.33. The lowest BCUT2D eigenvalue weighted by molar-refractivity contribution is 0.101. The largest absolute Gasteiger partial charge is 0.374 e. The summed E-state index contributed by atoms with van der Waals surface area (Å²) in [4.78, 5) is 27.1. The van der Waals surface area contributed by atoms with Crippen molar-refractivity contribution in [1.29, 1.82) is 0 Å². The fourth-order valence-corrected chi connectivity index (χ4v) is 4.81. The minimum absolute atomic E-state index is 0.0263. The van der Waals surface area contributed by atoms with Gasteiger partial charge in [-0.3, -0.25) is 9.59 Å². The number of aliphatic hydroxyl groups is 1. The number of nitrogens with zero attached hydrogens (tertiary/aromatic N) is 2. The summed E-state index contributed by atoms with van der Waals surface area (Å²) in [5.74, 6) is -2.49. The number of aryl methyl sites for hydroxylation is 1. The summed E-state index contributed by atoms with van der Waals surface area (Å²) in [6.07, 6.45) is -3.63. The molecule has 2 heterocycles. The predicted octanol–water partition coefficient (Wildman–Crippen LogP) is 3.66. The maximum absolute atomic E-state index is 15.5. The van der Waals surface area contributed by atoms with Crippen LogP contribution in [-0.2, 0) is 7.05 Å². The third-order valence-corrected chi connectivity index (χ3v) is 6.60. The topological polar surface area (TPSA) is 113 Å². The highest BCUT2D eigenvalue weighted by Gasteiger charge is 2.27. The van der Waals surface area contributed by atoms with Crippen LogP contribution in [0.1, 0.15) is 48.0 Å². The minimum Gasteiger partial charge on any atom is -0.374 e. The molecule has 0 aliphatic carbocycles. The predicted molar refractivity (Wildman–Crippen MR) is 140 cm³/mol. The number of carbonyl (C=O) groups excluding carboxylic acids is 1. The summed E-state index contributed by atoms with van der Waals surface area (Å²) < 4.78 is 58.5. The first-order valence-electron chi connectivity index (χ1n) is 12.2. The van der Waals surface area contributed by atoms with Crippen molar-refractivity contribution in [2.45, 2.75) is 38.6 Å². The Morgan fingerprint density at radius 2 is 1.74 bits per heavy atom. The SMILES string of the molecule is CC1CN(c2cc(F)c(-c3ccc(C(N)O)c(F)c3)cc2NC(=O)c2cn(C)c(=O)cc2C(F)F)C[C@@H](C)N1. The van der Waals surface area contributed by atoms with E-state index in [0.717, 1.165) is 16.8 Å². The molecule has 1 aliphatic rings. The highest BCUT2D eigenvalue weighted by molar-refractivity contribution is 6.07. The number of nitrogens with one attached hydrogen (secondary N) is 2. The van der Waals surface area contributed by atoms with Crippen LogP contribution < -0.4 is 26.8 Å². The van der Waals surface area contributed by atoms with Gasteiger partial charge < -0.3 is 30.9 Å². The average Bonchev–Trinajstić information content (AvgIpc) is 2.85. The van der Waals surface area contributed by atoms with Gasteiger partial charge in [0.25, 0.3) is 17.9 Å². The van der Waals surface area contributed by atoms with Crippen molar-refractivity contribution in [2.75, 3.05) is 23.3 Å². The molecular formula is C27H29F4N5O3. The number of carbonyl (C=O) groups is 1. The molecule has 0 bridgehead atoms. The molecule has 3 aromatic rings. The molecule has 208 valence electrons. The van der Waals surface area contributed by atoms with Crippen molar-refractivity contribution in [3.8, 4) is 11.1 Å². The highest BCUT2D eigenvalue weighted by atomic mass is 19.3. The van der Waals surface area contributed by atoms with Gasteiger partial charge in [0.1, 0.15) is 17.9 Å². The van der Waals surface area contributed by atoms with E-state index in [1.165, 1.54) is 31.3 Å². The van der Waals surface area contributed by atoms with Crippen LogP contribution in [-0.4, -0.2) is 40.8 Å². The van der Waals surface area contributed by atoms with Crippen molar-refractivity contribution in [2.24, 2.45) is 12.8 Å². The Morgan fingerprint density at radius 1 is 1.08 bits per heavy atom. The second-order valence-corrected chi connectivity index (χ2v) is 9.75. The number of alkyl halides is 2. The molecule has 1 aromatic heterocycles. The molecule has 1 aliphatic heterocycles. The Morgan fingerprint density at radius 3 is 2.33 bits per heavy atom. The van der Waals surface area contributed by atoms with Crippen molar-refractivity contribution in [3.05, 3.63) is 81.3 Å². The van der Waals surface area contributed by atoms with Crippen molar-refractivity contribution in [3.63, 3.8) is 0 Å². The first-order chi connectivity index (χ1) is 18.3. The first kappa shape index (κ1) is 28.3. The van der Waals surface area contributed by atoms with Gasteiger partial charge in [-0.1, -0.05) is 12.1 Å². The molecule has 0 radical (unpaired) electrons. The molecule has 5 N–H and O–H groups in total. The van der Waals surface area contributed by atoms with E-state index in [4.69, 9.17) is 5.73 Å². The third-order valence-electron chi connectivity index (χ3n) is 6.60. The van der Waals surface area contributed by atoms with Crippen LogP contribution in [0.2, 0.25) is 0 Å². The van der Waals surface area contributed by atoms with E-state index >= 15 is 4.39 Å². The van der Waals surface area contributed by atoms with Gasteiger partial charge in [0.05, 0.1) is 16.9 Å². The van der Waals surface area contributed by atoms with Gasteiger partial charge in [0, 0.05) is 61.2 Å². The van der Waals surface area contributed by atoms with Crippen molar-refractivity contribution < 1.29 is 27.5 Å². The van der Waals surface area contributed by atoms with E-state index in [1.807, 2.05) is 18.7 Å². The van der Waals surface area contributed by atoms with E-state index in [2.05, 4.69) is 10.6 Å². The summed E-state index contributed by atoms with van der Waals surface area (Å²) in [5, 5.41) is 15.5. The van der Waals surface area contributed by atoms with Gasteiger partial charge in [-0.25, -0.2) is 17.6 Å². The van der Waals surface area contributed by atoms with Crippen molar-refractivity contribution >= 4 is 17.3 Å². The van der Waals surface area contributed by atoms with Crippen molar-refractivity contribution in [1.82, 2.24) is 9.88 Å². The number of halogens is 4. The molecule has 2 aromatic carbocycles. The molecule has 1 saturated heterocycles. The molecule has 1 amide bonds. The Kier molecular flexibility index (Phi) is 8.09. The number of aliphatic hydroxyl groups excluding tert-OH is 1. The standard InChI is InChI=1S/C27H29F4N5O3/c1-13-10-36(11-14(2)33-13)23-9-21(29)17(15-4-5-16(26(32)38)20(28)6-15)7-22(23)34-27(39)19-12-35(3)24(37)8-18(19)25(30)31/h4-9,12-14,25-26,33,38H,10-11,32H2,1-3H3,(H,34,39)/t13-,14?,26?/m1/s1. The number of rotatable bonds is 6. The minimum atomic E-state index is -3.09. The molecule has 8 nitrogen and oxygen atoms in total. The van der Waals surface area contributed by atoms with Crippen LogP contribution in [0, 0.1) is 11.6 Å². The number of aromatic nitrogens is 1. The second-order valence-electron chi connectivity index (χ2n) is 9.75. The Hall–Kier alpha value is -3.74. The van der Waals surface area contributed by atoms with Crippen LogP contribution >= 0.6 is 0 Å². The number of amides is 1. The van der Waals surface area contributed by atoms with Gasteiger partial charge in [-0.2, -0.15) is 0 Å². The Balaban J connectivity index is 1.83. The molecule has 12 heteroatoms. The van der Waals surface area contributed by atoms with E-state index < -0.39 is 46.9 Å². The lowest BCUT2D eigenvalue weighted by Crippen LogP contribution is -2.54. The average molecular weight is 548 g/mol. The smallest absolute Gasteiger partial charge is 0.264 e. The van der Waals surface area contributed by atoms with Gasteiger partial charge in [0.2, 0.25) is 0 Å². The summed E-state index contributed by atoms with van der Waals surface area (Å²) in [6, 6.07) is 6.86. The molecule has 0 saturated carbocycles. The Bertz CT molecular complexity index is 1450. The maximum atomic E-state index is 15.5. The lowest BCUT2D eigenvalue weighted by Gasteiger charge is -2.38. The lowest BCUT2D eigenvalue weighted by atomic mass is 9.99. The van der Waals surface area contributed by atoms with Crippen LogP contribution in [0.15, 0.2) is 47.4 Å². The zero-order chi connectivity index (χ0) is 28.6. The number of piperazine rings is 1. The zero-order valence-corrected chi connectivity index (χ0v) is 21.5. The number of pyridine rings is 1. The number of hydrogen-bond acceptors (Lipinski definition) is 6. The van der Waals surface area contributed by atoms with Gasteiger partial charge in [-0.05, 0) is 37.6 Å². The van der Waals surface area contributed by atoms with E-state index in [-0.39, 0.29) is 34.5 Å². The number of nitrogens with two attached hydrogens (primary N) is 1. The summed E-state index contributed by atoms with van der Waals surface area (Å²) >= 11 is 0. The normalized spacial score (nSPS) is 18.4. The fraction of sp³-hybridized carbons (Fsp3) is 0.333. The summed E-state index contributed by atoms with van der Waals surface area (Å²) in [6.45, 7) is 4.82. The number of anilines is 2. The summed E-state index contributed by atoms with van der Waals surface area (Å²) in [5.41, 5.74) is 3.77. The Labute approximate surface area is 222 Å². The molecule has 2 unspecified atom stereocenters. The van der Waals surface area contributed by atoms with Crippen LogP contribution in [0.5, 0.6) is 0 Å². The molecule has 4 rings (SSSR count). The van der Waals surface area contributed by atoms with E-state index in [0.29, 0.717) is 24.8 Å². The molecule has 0 spiro atoms. The fourth-order valence-electron chi connectivity index (χ4n) is 4.81. The number of benzene rings is 2. The van der Waals surface area contributed by atoms with Crippen LogP contribution in [0.25, 0.3) is 11.1 Å². The van der Waals surface area contributed by atoms with Crippen LogP contribution in [0.4, 0.5) is 28.9 Å². The zero-order valence-electron chi connectivity index (χ0n) is 21.5. The van der Waals surface area contributed by atoms with E-state index in [9.17, 15) is 27.9 Å². The third kappa shape index (κ3) is 5.97. The second kappa shape index (κ2) is 11.2. The first-order valence-corrected chi connectivity index (χ1v) is 12.2. The number of hydrogen-bond donors (Lipinski definition) is 4. The van der Waals surface area contributed by atoms with Crippen LogP contribution in [0.3, 0.4) is 0 Å². The molecule has 39 heavy (non-hydrogen) atoms. The van der Waals surface area contributed by atoms with Gasteiger partial charge >= 0.3 is 0 Å². The van der Waals surface area contributed by atoms with Gasteiger partial charge in [0.15, 0.2) is 0 Å². The quantitative estimate of drug-likeness (QED) is 0.277. The maximum Gasteiger partial charge on any atom is 0.264 e. The molecule has 3 atom stereocenters. The highest BCUT2D eigenvalue weighted by Crippen LogP contribution is 2.36. The molecule has 1 fully saturated rings.